The molecule has 0 amide bonds. The molecule has 0 atom stereocenters. The maximum atomic E-state index is 12.2. The number of benzene rings is 1. The Bertz CT molecular complexity index is 519. The number of carbonyl (C=O) groups is 1. The van der Waals surface area contributed by atoms with Gasteiger partial charge in [-0.1, -0.05) is 23.7 Å². The first-order chi connectivity index (χ1) is 7.74. The number of carbonyl (C=O) groups excluding carboxylic acids is 1. The van der Waals surface area contributed by atoms with Crippen LogP contribution in [-0.4, -0.2) is 17.5 Å². The van der Waals surface area contributed by atoms with Crippen LogP contribution < -0.4 is 5.43 Å². The molecule has 0 fully saturated rings. The number of rotatable bonds is 3. The molecule has 0 saturated heterocycles. The third-order valence-corrected chi connectivity index (χ3v) is 2.67. The van der Waals surface area contributed by atoms with Crippen LogP contribution in [0.4, 0.5) is 0 Å². The first-order valence-corrected chi connectivity index (χ1v) is 5.26. The number of aromatic nitrogens is 1. The SMILES string of the molecule is CNn1cccc1C(=O)c1ccccc1Cl. The van der Waals surface area contributed by atoms with E-state index in [-0.39, 0.29) is 5.78 Å². The van der Waals surface area contributed by atoms with Crippen LogP contribution in [0.3, 0.4) is 0 Å². The first kappa shape index (κ1) is 10.8. The second-order valence-electron chi connectivity index (χ2n) is 3.30. The number of hydrogen-bond donors (Lipinski definition) is 1. The molecule has 1 heterocycles. The topological polar surface area (TPSA) is 34.0 Å². The Morgan fingerprint density at radius 2 is 2.00 bits per heavy atom. The van der Waals surface area contributed by atoms with Gasteiger partial charge in [0.05, 0.1) is 5.02 Å². The zero-order chi connectivity index (χ0) is 11.5. The second-order valence-corrected chi connectivity index (χ2v) is 3.70. The fraction of sp³-hybridized carbons (Fsp3) is 0.0833. The van der Waals surface area contributed by atoms with Crippen LogP contribution >= 0.6 is 11.6 Å². The monoisotopic (exact) mass is 234 g/mol. The van der Waals surface area contributed by atoms with E-state index in [1.807, 2.05) is 0 Å². The summed E-state index contributed by atoms with van der Waals surface area (Å²) in [5, 5.41) is 0.469. The van der Waals surface area contributed by atoms with Crippen molar-refractivity contribution in [3.05, 3.63) is 58.9 Å². The number of nitrogens with one attached hydrogen (secondary N) is 1. The summed E-state index contributed by atoms with van der Waals surface area (Å²) >= 11 is 5.98. The van der Waals surface area contributed by atoms with E-state index in [0.29, 0.717) is 16.3 Å². The van der Waals surface area contributed by atoms with Gasteiger partial charge in [-0.15, -0.1) is 0 Å². The Balaban J connectivity index is 2.44. The van der Waals surface area contributed by atoms with E-state index in [9.17, 15) is 4.79 Å². The predicted octanol–water partition coefficient (Wildman–Crippen LogP) is 2.55. The van der Waals surface area contributed by atoms with Gasteiger partial charge in [-0.2, -0.15) is 0 Å². The van der Waals surface area contributed by atoms with Gasteiger partial charge in [0.25, 0.3) is 0 Å². The molecule has 4 heteroatoms. The highest BCUT2D eigenvalue weighted by Crippen LogP contribution is 2.18. The fourth-order valence-electron chi connectivity index (χ4n) is 1.54. The molecule has 3 nitrogen and oxygen atoms in total. The van der Waals surface area contributed by atoms with Crippen LogP contribution in [0.5, 0.6) is 0 Å². The highest BCUT2D eigenvalue weighted by atomic mass is 35.5. The normalized spacial score (nSPS) is 10.1. The summed E-state index contributed by atoms with van der Waals surface area (Å²) in [4.78, 5) is 12.2. The average Bonchev–Trinajstić information content (AvgIpc) is 2.77. The maximum Gasteiger partial charge on any atom is 0.212 e. The largest absolute Gasteiger partial charge is 0.329 e. The lowest BCUT2D eigenvalue weighted by Gasteiger charge is -2.07. The molecule has 2 aromatic rings. The molecule has 0 aliphatic heterocycles. The highest BCUT2D eigenvalue weighted by molar-refractivity contribution is 6.34. The number of hydrogen-bond acceptors (Lipinski definition) is 2. The van der Waals surface area contributed by atoms with Gasteiger partial charge in [-0.3, -0.25) is 9.47 Å². The third-order valence-electron chi connectivity index (χ3n) is 2.34. The minimum Gasteiger partial charge on any atom is -0.329 e. The Kier molecular flexibility index (Phi) is 2.97. The zero-order valence-electron chi connectivity index (χ0n) is 8.77. The van der Waals surface area contributed by atoms with E-state index < -0.39 is 0 Å². The Hall–Kier alpha value is -1.74. The van der Waals surface area contributed by atoms with Gasteiger partial charge in [-0.25, -0.2) is 0 Å². The summed E-state index contributed by atoms with van der Waals surface area (Å²) in [5.41, 5.74) is 3.98. The van der Waals surface area contributed by atoms with Crippen molar-refractivity contribution in [3.63, 3.8) is 0 Å². The molecule has 1 aromatic heterocycles. The molecular weight excluding hydrogens is 224 g/mol. The standard InChI is InChI=1S/C12H11ClN2O/c1-14-15-8-4-7-11(15)12(16)9-5-2-3-6-10(9)13/h2-8,14H,1H3. The smallest absolute Gasteiger partial charge is 0.212 e. The van der Waals surface area contributed by atoms with E-state index in [1.54, 1.807) is 54.3 Å². The van der Waals surface area contributed by atoms with Crippen molar-refractivity contribution in [1.82, 2.24) is 4.68 Å². The van der Waals surface area contributed by atoms with Crippen LogP contribution in [0.1, 0.15) is 16.1 Å². The predicted molar refractivity (Wildman–Crippen MR) is 64.6 cm³/mol. The minimum absolute atomic E-state index is 0.0926. The fourth-order valence-corrected chi connectivity index (χ4v) is 1.77. The van der Waals surface area contributed by atoms with E-state index >= 15 is 0 Å². The van der Waals surface area contributed by atoms with Crippen molar-refractivity contribution in [1.29, 1.82) is 0 Å². The lowest BCUT2D eigenvalue weighted by Crippen LogP contribution is -2.16. The summed E-state index contributed by atoms with van der Waals surface area (Å²) in [6, 6.07) is 10.6. The molecule has 0 aliphatic rings. The van der Waals surface area contributed by atoms with Crippen LogP contribution in [0.2, 0.25) is 5.02 Å². The average molecular weight is 235 g/mol. The van der Waals surface area contributed by atoms with Crippen LogP contribution in [0, 0.1) is 0 Å². The van der Waals surface area contributed by atoms with Gasteiger partial charge in [0.1, 0.15) is 5.69 Å². The van der Waals surface area contributed by atoms with Crippen molar-refractivity contribution in [3.8, 4) is 0 Å². The van der Waals surface area contributed by atoms with Crippen molar-refractivity contribution in [2.24, 2.45) is 0 Å². The molecule has 0 spiro atoms. The van der Waals surface area contributed by atoms with E-state index in [2.05, 4.69) is 5.43 Å². The molecule has 2 rings (SSSR count). The molecule has 1 aromatic carbocycles. The molecule has 0 bridgehead atoms. The van der Waals surface area contributed by atoms with Gasteiger partial charge < -0.3 is 5.43 Å². The number of halogens is 1. The molecule has 82 valence electrons. The maximum absolute atomic E-state index is 12.2. The van der Waals surface area contributed by atoms with Crippen molar-refractivity contribution in [2.75, 3.05) is 12.5 Å². The first-order valence-electron chi connectivity index (χ1n) is 4.88. The summed E-state index contributed by atoms with van der Waals surface area (Å²) < 4.78 is 1.66. The lowest BCUT2D eigenvalue weighted by atomic mass is 10.1. The van der Waals surface area contributed by atoms with Crippen LogP contribution in [-0.2, 0) is 0 Å². The molecule has 0 saturated carbocycles. The van der Waals surface area contributed by atoms with Gasteiger partial charge in [-0.05, 0) is 24.3 Å². The van der Waals surface area contributed by atoms with Crippen molar-refractivity contribution >= 4 is 17.4 Å². The quantitative estimate of drug-likeness (QED) is 0.829. The summed E-state index contributed by atoms with van der Waals surface area (Å²) in [6.07, 6.45) is 1.78. The summed E-state index contributed by atoms with van der Waals surface area (Å²) in [5.74, 6) is -0.0926. The van der Waals surface area contributed by atoms with Crippen molar-refractivity contribution in [2.45, 2.75) is 0 Å². The molecule has 16 heavy (non-hydrogen) atoms. The third kappa shape index (κ3) is 1.82. The Morgan fingerprint density at radius 3 is 2.69 bits per heavy atom. The van der Waals surface area contributed by atoms with Gasteiger partial charge in [0, 0.05) is 18.8 Å². The van der Waals surface area contributed by atoms with E-state index in [0.717, 1.165) is 0 Å². The second kappa shape index (κ2) is 4.41. The summed E-state index contributed by atoms with van der Waals surface area (Å²) in [6.45, 7) is 0. The lowest BCUT2D eigenvalue weighted by molar-refractivity contribution is 0.103. The Morgan fingerprint density at radius 1 is 1.25 bits per heavy atom. The molecule has 1 N–H and O–H groups in total. The van der Waals surface area contributed by atoms with Gasteiger partial charge >= 0.3 is 0 Å². The number of ketones is 1. The van der Waals surface area contributed by atoms with E-state index in [4.69, 9.17) is 11.6 Å². The van der Waals surface area contributed by atoms with Gasteiger partial charge in [0.2, 0.25) is 5.78 Å². The van der Waals surface area contributed by atoms with Gasteiger partial charge in [0.15, 0.2) is 0 Å². The zero-order valence-corrected chi connectivity index (χ0v) is 9.53. The summed E-state index contributed by atoms with van der Waals surface area (Å²) in [7, 11) is 1.75. The Labute approximate surface area is 98.6 Å². The minimum atomic E-state index is -0.0926. The van der Waals surface area contributed by atoms with Crippen LogP contribution in [0.15, 0.2) is 42.6 Å². The van der Waals surface area contributed by atoms with E-state index in [1.165, 1.54) is 0 Å². The van der Waals surface area contributed by atoms with Crippen molar-refractivity contribution < 1.29 is 4.79 Å². The molecular formula is C12H11ClN2O. The molecule has 0 unspecified atom stereocenters. The molecule has 0 aliphatic carbocycles. The molecule has 0 radical (unpaired) electrons. The van der Waals surface area contributed by atoms with Crippen LogP contribution in [0.25, 0.3) is 0 Å². The highest BCUT2D eigenvalue weighted by Gasteiger charge is 2.15. The number of nitrogens with zero attached hydrogens (tertiary/aromatic N) is 1.